The van der Waals surface area contributed by atoms with E-state index >= 15 is 0 Å². The lowest BCUT2D eigenvalue weighted by atomic mass is 9.83. The Morgan fingerprint density at radius 1 is 1.07 bits per heavy atom. The van der Waals surface area contributed by atoms with Gasteiger partial charge in [0.1, 0.15) is 0 Å². The van der Waals surface area contributed by atoms with Crippen molar-refractivity contribution in [1.82, 2.24) is 4.90 Å². The average molecular weight is 213 g/mol. The summed E-state index contributed by atoms with van der Waals surface area (Å²) in [6, 6.07) is 1.68. The largest absolute Gasteiger partial charge is 0.286 e. The molecule has 0 aromatic rings. The van der Waals surface area contributed by atoms with E-state index in [2.05, 4.69) is 38.3 Å². The summed E-state index contributed by atoms with van der Waals surface area (Å²) in [5.74, 6) is 1.84. The van der Waals surface area contributed by atoms with E-state index in [1.807, 2.05) is 0 Å². The molecule has 1 nitrogen and oxygen atoms in total. The van der Waals surface area contributed by atoms with Crippen molar-refractivity contribution >= 4 is 12.6 Å². The molecule has 2 rings (SSSR count). The molecule has 2 saturated heterocycles. The molecule has 3 atom stereocenters. The Labute approximate surface area is 93.7 Å². The van der Waals surface area contributed by atoms with Crippen LogP contribution < -0.4 is 0 Å². The summed E-state index contributed by atoms with van der Waals surface area (Å²) in [4.78, 5) is 2.65. The highest BCUT2D eigenvalue weighted by Gasteiger charge is 2.42. The molecule has 3 unspecified atom stereocenters. The molecule has 0 saturated carbocycles. The fourth-order valence-corrected chi connectivity index (χ4v) is 3.79. The summed E-state index contributed by atoms with van der Waals surface area (Å²) in [6.45, 7) is 6.98. The van der Waals surface area contributed by atoms with E-state index in [1.54, 1.807) is 0 Å². The summed E-state index contributed by atoms with van der Waals surface area (Å²) in [5, 5.41) is 0.459. The number of nitrogens with zero attached hydrogens (tertiary/aromatic N) is 1. The van der Waals surface area contributed by atoms with Gasteiger partial charge in [0.15, 0.2) is 0 Å². The smallest absolute Gasteiger partial charge is 0.0504 e. The Hall–Kier alpha value is 0.310. The molecule has 2 fully saturated rings. The van der Waals surface area contributed by atoms with Gasteiger partial charge in [-0.05, 0) is 44.4 Å². The molecular formula is C12H23NS. The minimum absolute atomic E-state index is 0.459. The quantitative estimate of drug-likeness (QED) is 0.690. The number of piperidine rings is 1. The van der Waals surface area contributed by atoms with Gasteiger partial charge in [0.05, 0.1) is 5.37 Å². The molecule has 0 N–H and O–H groups in total. The second-order valence-corrected chi connectivity index (χ2v) is 6.19. The minimum Gasteiger partial charge on any atom is -0.286 e. The molecular weight excluding hydrogens is 190 g/mol. The summed E-state index contributed by atoms with van der Waals surface area (Å²) in [7, 11) is 0. The molecule has 0 amide bonds. The first-order valence-corrected chi connectivity index (χ1v) is 6.56. The summed E-state index contributed by atoms with van der Waals surface area (Å²) in [5.41, 5.74) is 0. The van der Waals surface area contributed by atoms with E-state index in [-0.39, 0.29) is 0 Å². The molecule has 0 aliphatic carbocycles. The lowest BCUT2D eigenvalue weighted by molar-refractivity contribution is 0.0809. The number of thiol groups is 1. The fourth-order valence-electron chi connectivity index (χ4n) is 3.41. The van der Waals surface area contributed by atoms with Gasteiger partial charge in [0.2, 0.25) is 0 Å². The van der Waals surface area contributed by atoms with Crippen LogP contribution in [0.25, 0.3) is 0 Å². The molecule has 2 bridgehead atoms. The SMILES string of the molecule is CC(C)C1CC2CCC(C1)N2C(C)S. The van der Waals surface area contributed by atoms with Gasteiger partial charge in [0, 0.05) is 12.1 Å². The Bertz CT molecular complexity index is 188. The number of rotatable bonds is 2. The molecule has 14 heavy (non-hydrogen) atoms. The Morgan fingerprint density at radius 3 is 1.93 bits per heavy atom. The van der Waals surface area contributed by atoms with E-state index < -0.39 is 0 Å². The molecule has 0 aromatic carbocycles. The third-order valence-corrected chi connectivity index (χ3v) is 4.47. The van der Waals surface area contributed by atoms with Crippen molar-refractivity contribution in [2.75, 3.05) is 0 Å². The zero-order valence-electron chi connectivity index (χ0n) is 9.61. The van der Waals surface area contributed by atoms with E-state index in [9.17, 15) is 0 Å². The van der Waals surface area contributed by atoms with Gasteiger partial charge in [-0.2, -0.15) is 12.6 Å². The minimum atomic E-state index is 0.459. The average Bonchev–Trinajstić information content (AvgIpc) is 2.37. The maximum absolute atomic E-state index is 4.61. The van der Waals surface area contributed by atoms with E-state index in [4.69, 9.17) is 0 Å². The second-order valence-electron chi connectivity index (χ2n) is 5.44. The van der Waals surface area contributed by atoms with Crippen molar-refractivity contribution < 1.29 is 0 Å². The first-order valence-electron chi connectivity index (χ1n) is 6.05. The lowest BCUT2D eigenvalue weighted by Crippen LogP contribution is -2.46. The molecule has 0 radical (unpaired) electrons. The molecule has 0 aromatic heterocycles. The maximum Gasteiger partial charge on any atom is 0.0504 e. The van der Waals surface area contributed by atoms with Crippen LogP contribution in [0, 0.1) is 11.8 Å². The van der Waals surface area contributed by atoms with Crippen LogP contribution in [-0.2, 0) is 0 Å². The highest BCUT2D eigenvalue weighted by molar-refractivity contribution is 7.80. The van der Waals surface area contributed by atoms with Gasteiger partial charge in [-0.15, -0.1) is 0 Å². The van der Waals surface area contributed by atoms with Crippen LogP contribution >= 0.6 is 12.6 Å². The Kier molecular flexibility index (Phi) is 3.13. The van der Waals surface area contributed by atoms with E-state index in [0.717, 1.165) is 23.9 Å². The zero-order chi connectivity index (χ0) is 10.3. The zero-order valence-corrected chi connectivity index (χ0v) is 10.5. The number of hydrogen-bond donors (Lipinski definition) is 1. The predicted octanol–water partition coefficient (Wildman–Crippen LogP) is 3.16. The summed E-state index contributed by atoms with van der Waals surface area (Å²) >= 11 is 4.61. The van der Waals surface area contributed by atoms with Crippen LogP contribution in [0.2, 0.25) is 0 Å². The van der Waals surface area contributed by atoms with Crippen molar-refractivity contribution in [3.05, 3.63) is 0 Å². The molecule has 2 aliphatic rings. The monoisotopic (exact) mass is 213 g/mol. The van der Waals surface area contributed by atoms with Gasteiger partial charge in [0.25, 0.3) is 0 Å². The van der Waals surface area contributed by atoms with Crippen LogP contribution in [0.3, 0.4) is 0 Å². The van der Waals surface area contributed by atoms with Crippen molar-refractivity contribution in [3.63, 3.8) is 0 Å². The first-order chi connectivity index (χ1) is 6.59. The van der Waals surface area contributed by atoms with Gasteiger partial charge in [-0.25, -0.2) is 0 Å². The topological polar surface area (TPSA) is 3.24 Å². The van der Waals surface area contributed by atoms with E-state index in [1.165, 1.54) is 25.7 Å². The number of fused-ring (bicyclic) bond motifs is 2. The summed E-state index contributed by atoms with van der Waals surface area (Å²) < 4.78 is 0. The van der Waals surface area contributed by atoms with Gasteiger partial charge >= 0.3 is 0 Å². The number of hydrogen-bond acceptors (Lipinski definition) is 2. The van der Waals surface area contributed by atoms with Crippen molar-refractivity contribution in [3.8, 4) is 0 Å². The van der Waals surface area contributed by atoms with Crippen LogP contribution in [-0.4, -0.2) is 22.4 Å². The molecule has 2 aliphatic heterocycles. The Balaban J connectivity index is 2.05. The van der Waals surface area contributed by atoms with Gasteiger partial charge in [-0.1, -0.05) is 13.8 Å². The lowest BCUT2D eigenvalue weighted by Gasteiger charge is -2.42. The van der Waals surface area contributed by atoms with Crippen LogP contribution in [0.1, 0.15) is 46.5 Å². The maximum atomic E-state index is 4.61. The highest BCUT2D eigenvalue weighted by atomic mass is 32.1. The predicted molar refractivity (Wildman–Crippen MR) is 64.7 cm³/mol. The third-order valence-electron chi connectivity index (χ3n) is 4.20. The molecule has 2 heteroatoms. The normalized spacial score (nSPS) is 40.5. The summed E-state index contributed by atoms with van der Waals surface area (Å²) in [6.07, 6.45) is 5.66. The Morgan fingerprint density at radius 2 is 1.57 bits per heavy atom. The molecule has 2 heterocycles. The van der Waals surface area contributed by atoms with Crippen molar-refractivity contribution in [1.29, 1.82) is 0 Å². The second kappa shape index (κ2) is 4.05. The van der Waals surface area contributed by atoms with E-state index in [0.29, 0.717) is 5.37 Å². The molecule has 82 valence electrons. The van der Waals surface area contributed by atoms with Crippen molar-refractivity contribution in [2.45, 2.75) is 63.9 Å². The van der Waals surface area contributed by atoms with Gasteiger partial charge < -0.3 is 0 Å². The van der Waals surface area contributed by atoms with Crippen LogP contribution in [0.5, 0.6) is 0 Å². The van der Waals surface area contributed by atoms with Crippen molar-refractivity contribution in [2.24, 2.45) is 11.8 Å². The first kappa shape index (κ1) is 10.8. The fraction of sp³-hybridized carbons (Fsp3) is 1.00. The third kappa shape index (κ3) is 1.83. The van der Waals surface area contributed by atoms with Crippen LogP contribution in [0.15, 0.2) is 0 Å². The standard InChI is InChI=1S/C12H23NS/c1-8(2)10-6-11-4-5-12(7-10)13(11)9(3)14/h8-12,14H,4-7H2,1-3H3. The van der Waals surface area contributed by atoms with Gasteiger partial charge in [-0.3, -0.25) is 4.90 Å². The highest BCUT2D eigenvalue weighted by Crippen LogP contribution is 2.42. The molecule has 0 spiro atoms. The van der Waals surface area contributed by atoms with Crippen LogP contribution in [0.4, 0.5) is 0 Å².